The molecular formula is C18H31BrN2. The van der Waals surface area contributed by atoms with Crippen LogP contribution in [-0.4, -0.2) is 12.6 Å². The Morgan fingerprint density at radius 2 is 1.76 bits per heavy atom. The van der Waals surface area contributed by atoms with Crippen molar-refractivity contribution in [1.82, 2.24) is 0 Å². The van der Waals surface area contributed by atoms with Crippen LogP contribution in [0.3, 0.4) is 0 Å². The normalized spacial score (nSPS) is 12.4. The fourth-order valence-corrected chi connectivity index (χ4v) is 2.93. The molecule has 0 amide bonds. The lowest BCUT2D eigenvalue weighted by Crippen LogP contribution is -2.28. The fourth-order valence-electron chi connectivity index (χ4n) is 2.57. The maximum atomic E-state index is 5.91. The maximum Gasteiger partial charge on any atom is 0.0489 e. The molecule has 1 unspecified atom stereocenters. The number of benzene rings is 1. The molecule has 21 heavy (non-hydrogen) atoms. The summed E-state index contributed by atoms with van der Waals surface area (Å²) in [6.07, 6.45) is 10.6. The summed E-state index contributed by atoms with van der Waals surface area (Å²) in [6.45, 7) is 5.07. The van der Waals surface area contributed by atoms with Crippen molar-refractivity contribution in [3.05, 3.63) is 28.2 Å². The standard InChI is InChI=1S/C18H31BrN2/c1-3-4-5-6-7-8-9-10-16(14-20)21-18-13-15(2)11-12-17(18)19/h11-13,16,21H,3-10,14,20H2,1-2H3. The summed E-state index contributed by atoms with van der Waals surface area (Å²) in [5.74, 6) is 0. The number of nitrogens with one attached hydrogen (secondary N) is 1. The van der Waals surface area contributed by atoms with Gasteiger partial charge in [-0.2, -0.15) is 0 Å². The van der Waals surface area contributed by atoms with Crippen molar-refractivity contribution >= 4 is 21.6 Å². The smallest absolute Gasteiger partial charge is 0.0489 e. The highest BCUT2D eigenvalue weighted by molar-refractivity contribution is 9.10. The second-order valence-electron chi connectivity index (χ2n) is 5.97. The van der Waals surface area contributed by atoms with Gasteiger partial charge in [0, 0.05) is 22.7 Å². The molecule has 0 fully saturated rings. The molecule has 0 aliphatic heterocycles. The maximum absolute atomic E-state index is 5.91. The van der Waals surface area contributed by atoms with Gasteiger partial charge in [0.05, 0.1) is 0 Å². The Balaban J connectivity index is 2.27. The molecule has 0 spiro atoms. The van der Waals surface area contributed by atoms with Crippen LogP contribution in [0, 0.1) is 6.92 Å². The van der Waals surface area contributed by atoms with Crippen molar-refractivity contribution in [2.45, 2.75) is 71.3 Å². The van der Waals surface area contributed by atoms with Crippen LogP contribution in [0.1, 0.15) is 63.9 Å². The van der Waals surface area contributed by atoms with Gasteiger partial charge in [-0.05, 0) is 47.0 Å². The predicted molar refractivity (Wildman–Crippen MR) is 98.0 cm³/mol. The Morgan fingerprint density at radius 1 is 1.10 bits per heavy atom. The highest BCUT2D eigenvalue weighted by Gasteiger charge is 2.08. The Labute approximate surface area is 139 Å². The van der Waals surface area contributed by atoms with Crippen molar-refractivity contribution in [1.29, 1.82) is 0 Å². The highest BCUT2D eigenvalue weighted by Crippen LogP contribution is 2.24. The fraction of sp³-hybridized carbons (Fsp3) is 0.667. The van der Waals surface area contributed by atoms with E-state index in [1.807, 2.05) is 0 Å². The number of rotatable bonds is 11. The summed E-state index contributed by atoms with van der Waals surface area (Å²) < 4.78 is 1.12. The van der Waals surface area contributed by atoms with Crippen LogP contribution in [-0.2, 0) is 0 Å². The molecule has 0 aliphatic carbocycles. The molecule has 0 aromatic heterocycles. The van der Waals surface area contributed by atoms with E-state index in [4.69, 9.17) is 5.73 Å². The SMILES string of the molecule is CCCCCCCCCC(CN)Nc1cc(C)ccc1Br. The molecule has 0 saturated carbocycles. The lowest BCUT2D eigenvalue weighted by Gasteiger charge is -2.19. The minimum atomic E-state index is 0.374. The minimum absolute atomic E-state index is 0.374. The zero-order valence-electron chi connectivity index (χ0n) is 13.6. The molecule has 0 aliphatic rings. The molecule has 0 heterocycles. The third-order valence-corrected chi connectivity index (χ3v) is 4.61. The lowest BCUT2D eigenvalue weighted by atomic mass is 10.0. The van der Waals surface area contributed by atoms with Crippen molar-refractivity contribution in [2.75, 3.05) is 11.9 Å². The van der Waals surface area contributed by atoms with Gasteiger partial charge in [-0.3, -0.25) is 0 Å². The average molecular weight is 355 g/mol. The Kier molecular flexibility index (Phi) is 9.77. The summed E-state index contributed by atoms with van der Waals surface area (Å²) in [6, 6.07) is 6.76. The molecule has 1 aromatic rings. The Bertz CT molecular complexity index is 393. The zero-order chi connectivity index (χ0) is 15.5. The van der Waals surface area contributed by atoms with Crippen LogP contribution >= 0.6 is 15.9 Å². The number of hydrogen-bond donors (Lipinski definition) is 2. The molecule has 0 saturated heterocycles. The summed E-state index contributed by atoms with van der Waals surface area (Å²) in [5, 5.41) is 3.58. The Hall–Kier alpha value is -0.540. The molecule has 2 nitrogen and oxygen atoms in total. The van der Waals surface area contributed by atoms with Crippen molar-refractivity contribution in [3.63, 3.8) is 0 Å². The first-order valence-electron chi connectivity index (χ1n) is 8.40. The van der Waals surface area contributed by atoms with E-state index >= 15 is 0 Å². The summed E-state index contributed by atoms with van der Waals surface area (Å²) in [7, 11) is 0. The number of nitrogens with two attached hydrogens (primary N) is 1. The predicted octanol–water partition coefficient (Wildman–Crippen LogP) is 5.64. The molecule has 120 valence electrons. The third-order valence-electron chi connectivity index (χ3n) is 3.92. The van der Waals surface area contributed by atoms with Crippen LogP contribution in [0.25, 0.3) is 0 Å². The van der Waals surface area contributed by atoms with Gasteiger partial charge in [-0.1, -0.05) is 57.9 Å². The van der Waals surface area contributed by atoms with Crippen molar-refractivity contribution in [3.8, 4) is 0 Å². The van der Waals surface area contributed by atoms with Crippen LogP contribution in [0.15, 0.2) is 22.7 Å². The first kappa shape index (κ1) is 18.5. The van der Waals surface area contributed by atoms with Crippen LogP contribution in [0.2, 0.25) is 0 Å². The van der Waals surface area contributed by atoms with E-state index in [0.29, 0.717) is 12.6 Å². The second kappa shape index (κ2) is 11.1. The molecule has 1 rings (SSSR count). The van der Waals surface area contributed by atoms with Gasteiger partial charge in [0.25, 0.3) is 0 Å². The zero-order valence-corrected chi connectivity index (χ0v) is 15.2. The lowest BCUT2D eigenvalue weighted by molar-refractivity contribution is 0.547. The largest absolute Gasteiger partial charge is 0.380 e. The van der Waals surface area contributed by atoms with Crippen molar-refractivity contribution < 1.29 is 0 Å². The first-order valence-corrected chi connectivity index (χ1v) is 9.19. The van der Waals surface area contributed by atoms with E-state index in [2.05, 4.69) is 53.3 Å². The van der Waals surface area contributed by atoms with Gasteiger partial charge in [0.15, 0.2) is 0 Å². The van der Waals surface area contributed by atoms with E-state index in [-0.39, 0.29) is 0 Å². The number of halogens is 1. The molecule has 1 aromatic carbocycles. The third kappa shape index (κ3) is 7.87. The van der Waals surface area contributed by atoms with Gasteiger partial charge in [0.1, 0.15) is 0 Å². The average Bonchev–Trinajstić information content (AvgIpc) is 2.48. The Morgan fingerprint density at radius 3 is 2.43 bits per heavy atom. The van der Waals surface area contributed by atoms with Crippen LogP contribution < -0.4 is 11.1 Å². The van der Waals surface area contributed by atoms with Gasteiger partial charge in [-0.25, -0.2) is 0 Å². The van der Waals surface area contributed by atoms with E-state index in [1.54, 1.807) is 0 Å². The molecule has 0 radical (unpaired) electrons. The second-order valence-corrected chi connectivity index (χ2v) is 6.82. The van der Waals surface area contributed by atoms with E-state index in [9.17, 15) is 0 Å². The van der Waals surface area contributed by atoms with Crippen molar-refractivity contribution in [2.24, 2.45) is 5.73 Å². The number of unbranched alkanes of at least 4 members (excludes halogenated alkanes) is 6. The summed E-state index contributed by atoms with van der Waals surface area (Å²) >= 11 is 3.60. The molecule has 1 atom stereocenters. The summed E-state index contributed by atoms with van der Waals surface area (Å²) in [4.78, 5) is 0. The monoisotopic (exact) mass is 354 g/mol. The highest BCUT2D eigenvalue weighted by atomic mass is 79.9. The quantitative estimate of drug-likeness (QED) is 0.504. The summed E-state index contributed by atoms with van der Waals surface area (Å²) in [5.41, 5.74) is 8.34. The molecular weight excluding hydrogens is 324 g/mol. The topological polar surface area (TPSA) is 38.0 Å². The molecule has 3 N–H and O–H groups in total. The van der Waals surface area contributed by atoms with Crippen LogP contribution in [0.5, 0.6) is 0 Å². The number of aryl methyl sites for hydroxylation is 1. The number of hydrogen-bond acceptors (Lipinski definition) is 2. The molecule has 3 heteroatoms. The van der Waals surface area contributed by atoms with E-state index in [0.717, 1.165) is 16.6 Å². The van der Waals surface area contributed by atoms with E-state index in [1.165, 1.54) is 50.5 Å². The van der Waals surface area contributed by atoms with Crippen LogP contribution in [0.4, 0.5) is 5.69 Å². The first-order chi connectivity index (χ1) is 10.2. The van der Waals surface area contributed by atoms with E-state index < -0.39 is 0 Å². The van der Waals surface area contributed by atoms with Gasteiger partial charge in [-0.15, -0.1) is 0 Å². The number of anilines is 1. The van der Waals surface area contributed by atoms with Gasteiger partial charge >= 0.3 is 0 Å². The van der Waals surface area contributed by atoms with Gasteiger partial charge < -0.3 is 11.1 Å². The molecule has 0 bridgehead atoms. The van der Waals surface area contributed by atoms with Gasteiger partial charge in [0.2, 0.25) is 0 Å². The minimum Gasteiger partial charge on any atom is -0.380 e.